The predicted molar refractivity (Wildman–Crippen MR) is 84.1 cm³/mol. The van der Waals surface area contributed by atoms with Gasteiger partial charge < -0.3 is 9.66 Å². The lowest BCUT2D eigenvalue weighted by Gasteiger charge is -2.22. The number of hydrogen-bond acceptors (Lipinski definition) is 3. The molecule has 6 nitrogen and oxygen atoms in total. The maximum Gasteiger partial charge on any atom is 0.310 e. The van der Waals surface area contributed by atoms with Gasteiger partial charge in [-0.15, -0.1) is 0 Å². The van der Waals surface area contributed by atoms with Crippen LogP contribution in [-0.2, 0) is 22.4 Å². The van der Waals surface area contributed by atoms with Crippen molar-refractivity contribution in [2.24, 2.45) is 5.41 Å². The molecule has 0 bridgehead atoms. The quantitative estimate of drug-likeness (QED) is 0.751. The van der Waals surface area contributed by atoms with Crippen LogP contribution in [0.2, 0.25) is 0 Å². The highest BCUT2D eigenvalue weighted by atomic mass is 32.2. The Balaban J connectivity index is 1.97. The monoisotopic (exact) mass is 328 g/mol. The van der Waals surface area contributed by atoms with Gasteiger partial charge in [-0.3, -0.25) is 9.48 Å². The van der Waals surface area contributed by atoms with Gasteiger partial charge in [0.15, 0.2) is 11.1 Å². The van der Waals surface area contributed by atoms with E-state index in [1.54, 1.807) is 4.68 Å². The molecule has 2 atom stereocenters. The summed E-state index contributed by atoms with van der Waals surface area (Å²) in [6.07, 6.45) is 10.4. The molecule has 0 saturated heterocycles. The number of carboxylic acid groups (broad SMARTS) is 1. The fourth-order valence-electron chi connectivity index (χ4n) is 3.02. The zero-order valence-electron chi connectivity index (χ0n) is 12.9. The topological polar surface area (TPSA) is 92.4 Å². The average molecular weight is 328 g/mol. The number of nitrogens with zero attached hydrogens (tertiary/aromatic N) is 2. The number of carbonyl (C=O) groups is 1. The van der Waals surface area contributed by atoms with E-state index in [9.17, 15) is 14.1 Å². The molecule has 1 aromatic heterocycles. The Labute approximate surface area is 133 Å². The van der Waals surface area contributed by atoms with Gasteiger partial charge in [0.2, 0.25) is 0 Å². The third-order valence-electron chi connectivity index (χ3n) is 4.58. The lowest BCUT2D eigenvalue weighted by molar-refractivity contribution is -0.147. The molecule has 1 aliphatic carbocycles. The Morgan fingerprint density at radius 3 is 2.73 bits per heavy atom. The van der Waals surface area contributed by atoms with Crippen LogP contribution >= 0.6 is 0 Å². The summed E-state index contributed by atoms with van der Waals surface area (Å²) >= 11 is -2.12. The maximum atomic E-state index is 11.4. The van der Waals surface area contributed by atoms with Gasteiger partial charge in [-0.05, 0) is 37.7 Å². The standard InChI is InChI=1S/C15H24N2O4S/c1-15(14(18)19,11-22(20)21)7-8-17-10-13(9-16-17)12-5-3-2-4-6-12/h9-10,12H,2-8,11H2,1H3,(H,18,19)(H,20,21)/t15-/m0/s1. The second-order valence-electron chi connectivity index (χ2n) is 6.45. The number of carboxylic acids is 1. The molecule has 2 N–H and O–H groups in total. The van der Waals surface area contributed by atoms with E-state index >= 15 is 0 Å². The van der Waals surface area contributed by atoms with Crippen molar-refractivity contribution in [2.75, 3.05) is 5.75 Å². The minimum atomic E-state index is -2.12. The number of aromatic nitrogens is 2. The van der Waals surface area contributed by atoms with Crippen LogP contribution in [0.25, 0.3) is 0 Å². The predicted octanol–water partition coefficient (Wildman–Crippen LogP) is 2.63. The summed E-state index contributed by atoms with van der Waals surface area (Å²) < 4.78 is 21.7. The third kappa shape index (κ3) is 4.39. The zero-order chi connectivity index (χ0) is 16.2. The molecule has 1 unspecified atom stereocenters. The van der Waals surface area contributed by atoms with Crippen molar-refractivity contribution in [1.82, 2.24) is 9.78 Å². The highest BCUT2D eigenvalue weighted by Gasteiger charge is 2.35. The molecule has 0 amide bonds. The number of aryl methyl sites for hydroxylation is 1. The van der Waals surface area contributed by atoms with Gasteiger partial charge in [0.25, 0.3) is 0 Å². The molecule has 2 rings (SSSR count). The van der Waals surface area contributed by atoms with Crippen LogP contribution in [0.15, 0.2) is 12.4 Å². The van der Waals surface area contributed by atoms with E-state index in [-0.39, 0.29) is 12.2 Å². The minimum Gasteiger partial charge on any atom is -0.481 e. The summed E-state index contributed by atoms with van der Waals surface area (Å²) in [6, 6.07) is 0. The van der Waals surface area contributed by atoms with Crippen LogP contribution in [0.4, 0.5) is 0 Å². The highest BCUT2D eigenvalue weighted by Crippen LogP contribution is 2.32. The van der Waals surface area contributed by atoms with Gasteiger partial charge in [-0.25, -0.2) is 4.21 Å². The molecule has 1 aliphatic rings. The second-order valence-corrected chi connectivity index (χ2v) is 7.38. The van der Waals surface area contributed by atoms with Crippen molar-refractivity contribution < 1.29 is 18.7 Å². The summed E-state index contributed by atoms with van der Waals surface area (Å²) in [7, 11) is 0. The fourth-order valence-corrected chi connectivity index (χ4v) is 3.84. The first-order valence-corrected chi connectivity index (χ1v) is 9.01. The molecule has 7 heteroatoms. The molecule has 0 aliphatic heterocycles. The average Bonchev–Trinajstić information content (AvgIpc) is 2.94. The molecular weight excluding hydrogens is 304 g/mol. The van der Waals surface area contributed by atoms with Gasteiger partial charge in [-0.1, -0.05) is 19.3 Å². The van der Waals surface area contributed by atoms with Crippen LogP contribution in [0, 0.1) is 5.41 Å². The molecule has 124 valence electrons. The third-order valence-corrected chi connectivity index (χ3v) is 5.46. The molecule has 1 aromatic rings. The Morgan fingerprint density at radius 1 is 1.45 bits per heavy atom. The van der Waals surface area contributed by atoms with Crippen molar-refractivity contribution >= 4 is 17.0 Å². The van der Waals surface area contributed by atoms with Gasteiger partial charge in [-0.2, -0.15) is 5.10 Å². The largest absolute Gasteiger partial charge is 0.481 e. The molecule has 22 heavy (non-hydrogen) atoms. The van der Waals surface area contributed by atoms with E-state index in [4.69, 9.17) is 4.55 Å². The number of aliphatic carboxylic acids is 1. The number of rotatable bonds is 7. The summed E-state index contributed by atoms with van der Waals surface area (Å²) in [4.78, 5) is 11.4. The van der Waals surface area contributed by atoms with Gasteiger partial charge >= 0.3 is 5.97 Å². The van der Waals surface area contributed by atoms with E-state index in [1.165, 1.54) is 44.6 Å². The van der Waals surface area contributed by atoms with Crippen molar-refractivity contribution in [1.29, 1.82) is 0 Å². The van der Waals surface area contributed by atoms with E-state index in [1.807, 2.05) is 12.4 Å². The Bertz CT molecular complexity index is 539. The summed E-state index contributed by atoms with van der Waals surface area (Å²) in [6.45, 7) is 1.95. The maximum absolute atomic E-state index is 11.4. The Hall–Kier alpha value is -1.21. The van der Waals surface area contributed by atoms with Crippen molar-refractivity contribution in [2.45, 2.75) is 57.9 Å². The van der Waals surface area contributed by atoms with Crippen LogP contribution in [0.3, 0.4) is 0 Å². The smallest absolute Gasteiger partial charge is 0.310 e. The molecule has 1 saturated carbocycles. The van der Waals surface area contributed by atoms with E-state index < -0.39 is 22.5 Å². The lowest BCUT2D eigenvalue weighted by Crippen LogP contribution is -2.34. The molecule has 0 aromatic carbocycles. The summed E-state index contributed by atoms with van der Waals surface area (Å²) in [5.74, 6) is -0.744. The van der Waals surface area contributed by atoms with Crippen molar-refractivity contribution in [3.63, 3.8) is 0 Å². The first kappa shape index (κ1) is 17.1. The van der Waals surface area contributed by atoms with Crippen LogP contribution in [-0.4, -0.2) is 35.4 Å². The van der Waals surface area contributed by atoms with Crippen molar-refractivity contribution in [3.05, 3.63) is 18.0 Å². The highest BCUT2D eigenvalue weighted by molar-refractivity contribution is 7.79. The van der Waals surface area contributed by atoms with E-state index in [0.29, 0.717) is 12.5 Å². The summed E-state index contributed by atoms with van der Waals surface area (Å²) in [5, 5.41) is 13.6. The fraction of sp³-hybridized carbons (Fsp3) is 0.733. The molecule has 0 radical (unpaired) electrons. The normalized spacial score (nSPS) is 20.5. The Morgan fingerprint density at radius 2 is 2.14 bits per heavy atom. The van der Waals surface area contributed by atoms with Gasteiger partial charge in [0, 0.05) is 12.7 Å². The van der Waals surface area contributed by atoms with Gasteiger partial charge in [0.1, 0.15) is 0 Å². The molecular formula is C15H24N2O4S. The number of hydrogen-bond donors (Lipinski definition) is 2. The molecule has 0 spiro atoms. The zero-order valence-corrected chi connectivity index (χ0v) is 13.7. The lowest BCUT2D eigenvalue weighted by atomic mass is 9.85. The van der Waals surface area contributed by atoms with Crippen LogP contribution < -0.4 is 0 Å². The first-order chi connectivity index (χ1) is 10.4. The minimum absolute atomic E-state index is 0.265. The Kier molecular flexibility index (Phi) is 5.74. The summed E-state index contributed by atoms with van der Waals surface area (Å²) in [5.41, 5.74) is 0.0128. The van der Waals surface area contributed by atoms with E-state index in [0.717, 1.165) is 0 Å². The SMILES string of the molecule is C[C@](CCn1cc(C2CCCCC2)cn1)(CS(=O)O)C(=O)O. The molecule has 1 heterocycles. The van der Waals surface area contributed by atoms with Gasteiger partial charge in [0.05, 0.1) is 17.4 Å². The van der Waals surface area contributed by atoms with Crippen LogP contribution in [0.1, 0.15) is 56.9 Å². The van der Waals surface area contributed by atoms with Crippen molar-refractivity contribution in [3.8, 4) is 0 Å². The second kappa shape index (κ2) is 7.37. The van der Waals surface area contributed by atoms with Crippen LogP contribution in [0.5, 0.6) is 0 Å². The molecule has 1 fully saturated rings. The first-order valence-electron chi connectivity index (χ1n) is 7.74. The van der Waals surface area contributed by atoms with E-state index in [2.05, 4.69) is 5.10 Å².